The quantitative estimate of drug-likeness (QED) is 0.172. The highest BCUT2D eigenvalue weighted by molar-refractivity contribution is 7.80. The van der Waals surface area contributed by atoms with Crippen LogP contribution in [0.5, 0.6) is 0 Å². The normalized spacial score (nSPS) is 18.3. The third kappa shape index (κ3) is 9.97. The van der Waals surface area contributed by atoms with Crippen LogP contribution in [0.4, 0.5) is 5.69 Å². The van der Waals surface area contributed by atoms with Gasteiger partial charge in [0.05, 0.1) is 26.3 Å². The average Bonchev–Trinajstić information content (AvgIpc) is 2.80. The highest BCUT2D eigenvalue weighted by atomic mass is 32.1. The molecule has 1 atom stereocenters. The van der Waals surface area contributed by atoms with Crippen LogP contribution >= 0.6 is 12.2 Å². The van der Waals surface area contributed by atoms with Crippen molar-refractivity contribution in [1.29, 1.82) is 0 Å². The number of anilines is 1. The molecule has 188 valence electrons. The predicted molar refractivity (Wildman–Crippen MR) is 130 cm³/mol. The predicted octanol–water partition coefficient (Wildman–Crippen LogP) is -1.03. The van der Waals surface area contributed by atoms with Crippen LogP contribution in [-0.2, 0) is 20.8 Å². The molecule has 1 heterocycles. The summed E-state index contributed by atoms with van der Waals surface area (Å²) in [5, 5.41) is 34.2. The summed E-state index contributed by atoms with van der Waals surface area (Å²) in [6, 6.07) is 7.22. The van der Waals surface area contributed by atoms with Crippen molar-refractivity contribution in [1.82, 2.24) is 20.0 Å². The maximum Gasteiger partial charge on any atom is 0.317 e. The number of benzene rings is 1. The molecular formula is C21H32N6O6S. The molecule has 7 N–H and O–H groups in total. The summed E-state index contributed by atoms with van der Waals surface area (Å²) in [6.07, 6.45) is 0.494. The van der Waals surface area contributed by atoms with E-state index in [1.165, 1.54) is 0 Å². The molecule has 0 aromatic heterocycles. The number of hydrogen-bond acceptors (Lipinski definition) is 8. The largest absolute Gasteiger partial charge is 0.480 e. The van der Waals surface area contributed by atoms with E-state index in [2.05, 4.69) is 10.6 Å². The monoisotopic (exact) mass is 496 g/mol. The van der Waals surface area contributed by atoms with E-state index in [0.717, 1.165) is 11.3 Å². The average molecular weight is 497 g/mol. The number of hydrogen-bond donors (Lipinski definition) is 6. The number of aliphatic carboxylic acids is 3. The number of carbonyl (C=O) groups is 3. The van der Waals surface area contributed by atoms with Gasteiger partial charge in [-0.25, -0.2) is 0 Å². The van der Waals surface area contributed by atoms with E-state index in [0.29, 0.717) is 44.3 Å². The molecule has 1 unspecified atom stereocenters. The van der Waals surface area contributed by atoms with E-state index in [9.17, 15) is 29.7 Å². The fraction of sp³-hybridized carbons (Fsp3) is 0.524. The van der Waals surface area contributed by atoms with Crippen molar-refractivity contribution in [3.63, 3.8) is 0 Å². The van der Waals surface area contributed by atoms with Gasteiger partial charge in [-0.2, -0.15) is 0 Å². The standard InChI is InChI=1S/C21H32N6O6S/c22-14-23-21(34)24-16-3-1-15(2-4-16)9-17-10-26(12-19(30)31)6-5-25(11-18(28)29)7-8-27(17)13-20(32)33/h1-4,17H,5-14,22H2,(H,28,29)(H,30,31)(H,32,33)(H2,23,24,34). The highest BCUT2D eigenvalue weighted by Gasteiger charge is 2.27. The fourth-order valence-electron chi connectivity index (χ4n) is 3.88. The van der Waals surface area contributed by atoms with Gasteiger partial charge < -0.3 is 31.7 Å². The molecule has 0 aliphatic carbocycles. The van der Waals surface area contributed by atoms with E-state index in [4.69, 9.17) is 18.0 Å². The summed E-state index contributed by atoms with van der Waals surface area (Å²) in [5.41, 5.74) is 7.12. The molecule has 0 bridgehead atoms. The van der Waals surface area contributed by atoms with Crippen LogP contribution in [0.25, 0.3) is 0 Å². The smallest absolute Gasteiger partial charge is 0.317 e. The third-order valence-electron chi connectivity index (χ3n) is 5.42. The van der Waals surface area contributed by atoms with Crippen LogP contribution in [0.2, 0.25) is 0 Å². The summed E-state index contributed by atoms with van der Waals surface area (Å²) >= 11 is 5.12. The molecule has 1 aliphatic heterocycles. The molecule has 0 saturated carbocycles. The molecule has 1 fully saturated rings. The lowest BCUT2D eigenvalue weighted by Gasteiger charge is -2.33. The van der Waals surface area contributed by atoms with Gasteiger partial charge in [-0.15, -0.1) is 0 Å². The lowest BCUT2D eigenvalue weighted by Crippen LogP contribution is -2.49. The number of thiocarbonyl (C=S) groups is 1. The molecule has 12 nitrogen and oxygen atoms in total. The second-order valence-electron chi connectivity index (χ2n) is 8.05. The third-order valence-corrected chi connectivity index (χ3v) is 5.67. The molecule has 13 heteroatoms. The van der Waals surface area contributed by atoms with Crippen molar-refractivity contribution in [2.75, 3.05) is 64.3 Å². The van der Waals surface area contributed by atoms with Crippen LogP contribution in [0.3, 0.4) is 0 Å². The molecular weight excluding hydrogens is 464 g/mol. The van der Waals surface area contributed by atoms with Crippen molar-refractivity contribution < 1.29 is 29.7 Å². The minimum Gasteiger partial charge on any atom is -0.480 e. The SMILES string of the molecule is NCNC(=S)Nc1ccc(CC2CN(CC(=O)O)CCN(CC(=O)O)CCN2CC(=O)O)cc1. The second-order valence-corrected chi connectivity index (χ2v) is 8.46. The number of nitrogens with one attached hydrogen (secondary N) is 2. The van der Waals surface area contributed by atoms with E-state index in [1.807, 2.05) is 24.3 Å². The van der Waals surface area contributed by atoms with E-state index in [1.54, 1.807) is 14.7 Å². The minimum absolute atomic E-state index is 0.193. The Morgan fingerprint density at radius 1 is 0.912 bits per heavy atom. The molecule has 2 rings (SSSR count). The van der Waals surface area contributed by atoms with Gasteiger partial charge in [-0.05, 0) is 36.3 Å². The van der Waals surface area contributed by atoms with Gasteiger partial charge in [-0.1, -0.05) is 12.1 Å². The molecule has 1 aromatic carbocycles. The van der Waals surface area contributed by atoms with Gasteiger partial charge in [0.1, 0.15) is 0 Å². The second kappa shape index (κ2) is 13.8. The van der Waals surface area contributed by atoms with E-state index < -0.39 is 17.9 Å². The summed E-state index contributed by atoms with van der Waals surface area (Å²) in [4.78, 5) is 39.4. The number of carboxylic acids is 3. The zero-order valence-corrected chi connectivity index (χ0v) is 19.7. The Labute approximate surface area is 203 Å². The summed E-state index contributed by atoms with van der Waals surface area (Å²) < 4.78 is 0. The van der Waals surface area contributed by atoms with Crippen molar-refractivity contribution in [3.05, 3.63) is 29.8 Å². The summed E-state index contributed by atoms with van der Waals surface area (Å²) in [7, 11) is 0. The Balaban J connectivity index is 2.22. The first-order chi connectivity index (χ1) is 16.2. The lowest BCUT2D eigenvalue weighted by molar-refractivity contribution is -0.140. The molecule has 0 amide bonds. The Morgan fingerprint density at radius 2 is 1.47 bits per heavy atom. The van der Waals surface area contributed by atoms with Gasteiger partial charge in [-0.3, -0.25) is 29.1 Å². The van der Waals surface area contributed by atoms with Gasteiger partial charge in [0, 0.05) is 44.5 Å². The van der Waals surface area contributed by atoms with Crippen molar-refractivity contribution >= 4 is 40.9 Å². The maximum absolute atomic E-state index is 11.6. The van der Waals surface area contributed by atoms with Crippen LogP contribution in [-0.4, -0.2) is 118 Å². The molecule has 1 aliphatic rings. The number of rotatable bonds is 10. The summed E-state index contributed by atoms with van der Waals surface area (Å²) in [5.74, 6) is -2.98. The molecule has 0 spiro atoms. The first-order valence-corrected chi connectivity index (χ1v) is 11.2. The van der Waals surface area contributed by atoms with Crippen molar-refractivity contribution in [2.45, 2.75) is 12.5 Å². The van der Waals surface area contributed by atoms with E-state index >= 15 is 0 Å². The highest BCUT2D eigenvalue weighted by Crippen LogP contribution is 2.16. The maximum atomic E-state index is 11.6. The first kappa shape index (κ1) is 27.4. The number of nitrogens with two attached hydrogens (primary N) is 1. The number of carboxylic acid groups (broad SMARTS) is 3. The zero-order chi connectivity index (χ0) is 25.1. The van der Waals surface area contributed by atoms with Crippen LogP contribution in [0, 0.1) is 0 Å². The Kier molecular flexibility index (Phi) is 11.1. The van der Waals surface area contributed by atoms with Crippen molar-refractivity contribution in [2.24, 2.45) is 5.73 Å². The van der Waals surface area contributed by atoms with E-state index in [-0.39, 0.29) is 32.3 Å². The van der Waals surface area contributed by atoms with Crippen LogP contribution in [0.15, 0.2) is 24.3 Å². The van der Waals surface area contributed by atoms with Gasteiger partial charge in [0.2, 0.25) is 0 Å². The van der Waals surface area contributed by atoms with Gasteiger partial charge in [0.15, 0.2) is 5.11 Å². The van der Waals surface area contributed by atoms with Crippen LogP contribution < -0.4 is 16.4 Å². The molecule has 34 heavy (non-hydrogen) atoms. The Hall–Kier alpha value is -2.84. The van der Waals surface area contributed by atoms with Crippen molar-refractivity contribution in [3.8, 4) is 0 Å². The van der Waals surface area contributed by atoms with Gasteiger partial charge in [0.25, 0.3) is 0 Å². The topological polar surface area (TPSA) is 172 Å². The Morgan fingerprint density at radius 3 is 2.06 bits per heavy atom. The summed E-state index contributed by atoms with van der Waals surface area (Å²) in [6.45, 7) is 1.37. The van der Waals surface area contributed by atoms with Gasteiger partial charge >= 0.3 is 17.9 Å². The molecule has 0 radical (unpaired) electrons. The van der Waals surface area contributed by atoms with Crippen LogP contribution in [0.1, 0.15) is 5.56 Å². The lowest BCUT2D eigenvalue weighted by atomic mass is 10.0. The first-order valence-electron chi connectivity index (χ1n) is 10.8. The fourth-order valence-corrected chi connectivity index (χ4v) is 4.08. The minimum atomic E-state index is -1.00. The molecule has 1 aromatic rings. The molecule has 1 saturated heterocycles. The Bertz CT molecular complexity index is 855. The number of nitrogens with zero attached hydrogens (tertiary/aromatic N) is 3. The zero-order valence-electron chi connectivity index (χ0n) is 18.9.